The fourth-order valence-electron chi connectivity index (χ4n) is 17.7. The van der Waals surface area contributed by atoms with E-state index in [1.54, 1.807) is 0 Å². The van der Waals surface area contributed by atoms with Crippen LogP contribution in [0.25, 0.3) is 243 Å². The van der Waals surface area contributed by atoms with Gasteiger partial charge >= 0.3 is 0 Å². The molecular formula is C116H72N8OS. The maximum Gasteiger partial charge on any atom is 0.164 e. The number of rotatable bonds is 14. The third-order valence-corrected chi connectivity index (χ3v) is 25.2. The summed E-state index contributed by atoms with van der Waals surface area (Å²) in [6.45, 7) is 0. The van der Waals surface area contributed by atoms with Gasteiger partial charge in [0.25, 0.3) is 0 Å². The topological polar surface area (TPSA) is 116 Å². The molecule has 0 aliphatic rings. The summed E-state index contributed by atoms with van der Waals surface area (Å²) in [5.41, 5.74) is 27.1. The molecule has 0 aliphatic carbocycles. The van der Waals surface area contributed by atoms with Gasteiger partial charge in [-0.2, -0.15) is 0 Å². The van der Waals surface area contributed by atoms with E-state index in [0.717, 1.165) is 166 Å². The molecule has 0 bridgehead atoms. The van der Waals surface area contributed by atoms with Crippen LogP contribution >= 0.6 is 11.3 Å². The van der Waals surface area contributed by atoms with Gasteiger partial charge in [-0.15, -0.1) is 11.3 Å². The Morgan fingerprint density at radius 1 is 0.167 bits per heavy atom. The van der Waals surface area contributed by atoms with Gasteiger partial charge in [-0.1, -0.05) is 413 Å². The Labute approximate surface area is 730 Å². The molecule has 0 amide bonds. The van der Waals surface area contributed by atoms with E-state index in [9.17, 15) is 0 Å². The molecule has 0 aliphatic heterocycles. The number of hydrogen-bond donors (Lipinski definition) is 0. The van der Waals surface area contributed by atoms with Gasteiger partial charge in [-0.3, -0.25) is 0 Å². The smallest absolute Gasteiger partial charge is 0.164 e. The Morgan fingerprint density at radius 3 is 0.857 bits per heavy atom. The molecule has 0 radical (unpaired) electrons. The van der Waals surface area contributed by atoms with Gasteiger partial charge in [0.05, 0.1) is 22.4 Å². The van der Waals surface area contributed by atoms with Crippen molar-refractivity contribution in [3.63, 3.8) is 0 Å². The number of nitrogens with zero attached hydrogens (tertiary/aromatic N) is 8. The third-order valence-electron chi connectivity index (χ3n) is 23.9. The molecule has 588 valence electrons. The minimum Gasteiger partial charge on any atom is -0.455 e. The second-order valence-electron chi connectivity index (χ2n) is 31.5. The molecule has 0 spiro atoms. The standard InChI is InChI=1S/C58H36N4O.C58H36N4S/c2*1-3-13-41(14-4-1)54-49-19-8-7-18-48(49)53-45(20-12-23-51(53)59-54)39-29-25-37(26-30-39)38-27-33-43(34-28-38)57-60-56(42-15-5-2-6-16-42)61-58(62-57)44-35-31-40(32-36-44)46-21-11-22-50-47-17-9-10-24-52(47)63-55(46)50/h2*1-36H. The average Bonchev–Trinajstić information content (AvgIpc) is 0.847. The predicted octanol–water partition coefficient (Wildman–Crippen LogP) is 30.8. The molecule has 126 heavy (non-hydrogen) atoms. The van der Waals surface area contributed by atoms with Crippen LogP contribution < -0.4 is 0 Å². The fraction of sp³-hybridized carbons (Fsp3) is 0. The quantitative estimate of drug-likeness (QED) is 0.0981. The molecule has 0 saturated carbocycles. The van der Waals surface area contributed by atoms with Crippen LogP contribution in [0.1, 0.15) is 0 Å². The van der Waals surface area contributed by atoms with E-state index < -0.39 is 0 Å². The summed E-state index contributed by atoms with van der Waals surface area (Å²) in [6.07, 6.45) is 0. The maximum atomic E-state index is 6.35. The number of pyridine rings is 2. The predicted molar refractivity (Wildman–Crippen MR) is 522 cm³/mol. The number of benzene rings is 18. The molecule has 0 fully saturated rings. The Morgan fingerprint density at radius 2 is 0.444 bits per heavy atom. The van der Waals surface area contributed by atoms with Crippen LogP contribution in [-0.4, -0.2) is 39.9 Å². The normalized spacial score (nSPS) is 11.5. The number of thiophene rings is 1. The molecule has 9 nitrogen and oxygen atoms in total. The molecule has 18 aromatic carbocycles. The van der Waals surface area contributed by atoms with Crippen LogP contribution in [0.15, 0.2) is 441 Å². The van der Waals surface area contributed by atoms with E-state index in [1.165, 1.54) is 42.1 Å². The lowest BCUT2D eigenvalue weighted by Crippen LogP contribution is -2.00. The van der Waals surface area contributed by atoms with Gasteiger partial charge in [-0.05, 0) is 96.2 Å². The molecule has 6 aromatic heterocycles. The van der Waals surface area contributed by atoms with Crippen LogP contribution in [0, 0.1) is 0 Å². The first-order valence-corrected chi connectivity index (χ1v) is 43.1. The minimum absolute atomic E-state index is 0.611. The van der Waals surface area contributed by atoms with E-state index >= 15 is 0 Å². The number of para-hydroxylation sites is 2. The minimum atomic E-state index is 0.611. The Balaban J connectivity index is 0.000000145. The summed E-state index contributed by atoms with van der Waals surface area (Å²) in [6, 6.07) is 153. The summed E-state index contributed by atoms with van der Waals surface area (Å²) in [5, 5.41) is 11.8. The average molecular weight is 1630 g/mol. The van der Waals surface area contributed by atoms with Crippen molar-refractivity contribution in [1.29, 1.82) is 0 Å². The van der Waals surface area contributed by atoms with Crippen molar-refractivity contribution in [2.24, 2.45) is 0 Å². The number of furan rings is 1. The van der Waals surface area contributed by atoms with Crippen LogP contribution in [-0.2, 0) is 0 Å². The Kier molecular flexibility index (Phi) is 18.9. The third kappa shape index (κ3) is 13.9. The van der Waals surface area contributed by atoms with Crippen LogP contribution in [0.5, 0.6) is 0 Å². The zero-order valence-corrected chi connectivity index (χ0v) is 68.8. The molecule has 10 heteroatoms. The van der Waals surface area contributed by atoms with Gasteiger partial charge in [0, 0.05) is 103 Å². The van der Waals surface area contributed by atoms with E-state index in [-0.39, 0.29) is 0 Å². The summed E-state index contributed by atoms with van der Waals surface area (Å²) < 4.78 is 8.95. The summed E-state index contributed by atoms with van der Waals surface area (Å²) in [5.74, 6) is 3.76. The van der Waals surface area contributed by atoms with Gasteiger partial charge in [-0.25, -0.2) is 39.9 Å². The van der Waals surface area contributed by atoms with Crippen molar-refractivity contribution in [1.82, 2.24) is 39.9 Å². The SMILES string of the molecule is c1ccc(-c2nc(-c3ccc(-c4ccc(-c5cccc6nc(-c7ccccc7)c7ccccc7c56)cc4)cc3)nc(-c3ccc(-c4cccc5c4oc4ccccc45)cc3)n2)cc1.c1ccc(-c2nc(-c3ccc(-c4ccc(-c5cccc6nc(-c7ccccc7)c7ccccc7c56)cc4)cc3)nc(-c3ccc(-c4cccc5c4sc4ccccc45)cc3)n2)cc1. The maximum absolute atomic E-state index is 6.35. The summed E-state index contributed by atoms with van der Waals surface area (Å²) in [4.78, 5) is 40.6. The molecule has 24 aromatic rings. The van der Waals surface area contributed by atoms with Crippen molar-refractivity contribution >= 4 is 96.8 Å². The van der Waals surface area contributed by atoms with E-state index in [0.29, 0.717) is 34.9 Å². The highest BCUT2D eigenvalue weighted by Crippen LogP contribution is 2.45. The van der Waals surface area contributed by atoms with E-state index in [4.69, 9.17) is 44.3 Å². The number of hydrogen-bond acceptors (Lipinski definition) is 10. The van der Waals surface area contributed by atoms with Gasteiger partial charge in [0.2, 0.25) is 0 Å². The van der Waals surface area contributed by atoms with E-state index in [1.807, 2.05) is 102 Å². The van der Waals surface area contributed by atoms with Gasteiger partial charge in [0.1, 0.15) is 11.2 Å². The highest BCUT2D eigenvalue weighted by molar-refractivity contribution is 7.26. The first-order chi connectivity index (χ1) is 62.4. The van der Waals surface area contributed by atoms with Crippen LogP contribution in [0.2, 0.25) is 0 Å². The Hall–Kier alpha value is -16.7. The van der Waals surface area contributed by atoms with Crippen molar-refractivity contribution in [2.75, 3.05) is 0 Å². The van der Waals surface area contributed by atoms with Gasteiger partial charge < -0.3 is 4.42 Å². The summed E-state index contributed by atoms with van der Waals surface area (Å²) in [7, 11) is 0. The lowest BCUT2D eigenvalue weighted by molar-refractivity contribution is 0.670. The molecule has 24 rings (SSSR count). The van der Waals surface area contributed by atoms with Crippen molar-refractivity contribution in [3.05, 3.63) is 437 Å². The lowest BCUT2D eigenvalue weighted by Gasteiger charge is -2.14. The largest absolute Gasteiger partial charge is 0.455 e. The summed E-state index contributed by atoms with van der Waals surface area (Å²) >= 11 is 1.85. The molecule has 0 unspecified atom stereocenters. The zero-order chi connectivity index (χ0) is 83.4. The van der Waals surface area contributed by atoms with Crippen LogP contribution in [0.4, 0.5) is 0 Å². The highest BCUT2D eigenvalue weighted by Gasteiger charge is 2.22. The van der Waals surface area contributed by atoms with E-state index in [2.05, 4.69) is 346 Å². The van der Waals surface area contributed by atoms with Crippen LogP contribution in [0.3, 0.4) is 0 Å². The fourth-order valence-corrected chi connectivity index (χ4v) is 18.9. The molecule has 0 atom stereocenters. The van der Waals surface area contributed by atoms with Crippen molar-refractivity contribution < 1.29 is 4.42 Å². The highest BCUT2D eigenvalue weighted by atomic mass is 32.1. The zero-order valence-electron chi connectivity index (χ0n) is 68.0. The van der Waals surface area contributed by atoms with Crippen molar-refractivity contribution in [2.45, 2.75) is 0 Å². The first-order valence-electron chi connectivity index (χ1n) is 42.3. The number of fused-ring (bicyclic) bond motifs is 12. The molecule has 0 saturated heterocycles. The second kappa shape index (κ2) is 32.1. The van der Waals surface area contributed by atoms with Crippen molar-refractivity contribution in [3.8, 4) is 158 Å². The molecular weight excluding hydrogens is 1550 g/mol. The second-order valence-corrected chi connectivity index (χ2v) is 32.6. The molecule has 0 N–H and O–H groups in total. The number of aromatic nitrogens is 8. The lowest BCUT2D eigenvalue weighted by atomic mass is 9.93. The monoisotopic (exact) mass is 1620 g/mol. The van der Waals surface area contributed by atoms with Gasteiger partial charge in [0.15, 0.2) is 34.9 Å². The molecule has 6 heterocycles. The Bertz CT molecular complexity index is 7770. The first kappa shape index (κ1) is 74.4.